The van der Waals surface area contributed by atoms with Gasteiger partial charge in [0.1, 0.15) is 10.6 Å². The number of piperidine rings is 1. The SMILES string of the molecule is CN(C)C(=O)c1sc2ncccc2c1[C@H]1CCCN(C(=O)c2cccc(F)c2)C1. The number of pyridine rings is 1. The Kier molecular flexibility index (Phi) is 5.32. The summed E-state index contributed by atoms with van der Waals surface area (Å²) in [4.78, 5) is 35.1. The molecule has 2 aromatic heterocycles. The van der Waals surface area contributed by atoms with E-state index in [1.165, 1.54) is 23.5 Å². The maximum Gasteiger partial charge on any atom is 0.263 e. The molecule has 1 saturated heterocycles. The summed E-state index contributed by atoms with van der Waals surface area (Å²) in [6.45, 7) is 1.13. The Morgan fingerprint density at radius 1 is 1.24 bits per heavy atom. The number of nitrogens with zero attached hydrogens (tertiary/aromatic N) is 3. The normalized spacial score (nSPS) is 16.8. The van der Waals surface area contributed by atoms with Crippen molar-refractivity contribution < 1.29 is 14.0 Å². The van der Waals surface area contributed by atoms with Gasteiger partial charge in [0.15, 0.2) is 0 Å². The molecule has 1 atom stereocenters. The number of likely N-dealkylation sites (tertiary alicyclic amines) is 1. The van der Waals surface area contributed by atoms with E-state index in [9.17, 15) is 14.0 Å². The third kappa shape index (κ3) is 3.74. The van der Waals surface area contributed by atoms with Gasteiger partial charge in [0, 0.05) is 50.2 Å². The maximum atomic E-state index is 13.6. The zero-order chi connectivity index (χ0) is 20.5. The Hall–Kier alpha value is -2.80. The molecule has 0 N–H and O–H groups in total. The average Bonchev–Trinajstić information content (AvgIpc) is 3.12. The minimum Gasteiger partial charge on any atom is -0.344 e. The van der Waals surface area contributed by atoms with Crippen molar-refractivity contribution in [2.75, 3.05) is 27.2 Å². The van der Waals surface area contributed by atoms with Gasteiger partial charge in [0.2, 0.25) is 0 Å². The first-order valence-electron chi connectivity index (χ1n) is 9.59. The molecule has 0 aliphatic carbocycles. The number of rotatable bonds is 3. The van der Waals surface area contributed by atoms with Gasteiger partial charge in [-0.1, -0.05) is 12.1 Å². The number of amides is 2. The highest BCUT2D eigenvalue weighted by atomic mass is 32.1. The first kappa shape index (κ1) is 19.5. The van der Waals surface area contributed by atoms with Crippen LogP contribution >= 0.6 is 11.3 Å². The molecule has 3 heterocycles. The molecule has 150 valence electrons. The zero-order valence-corrected chi connectivity index (χ0v) is 17.2. The van der Waals surface area contributed by atoms with Gasteiger partial charge in [-0.3, -0.25) is 9.59 Å². The highest BCUT2D eigenvalue weighted by Crippen LogP contribution is 2.39. The Labute approximate surface area is 172 Å². The van der Waals surface area contributed by atoms with Crippen molar-refractivity contribution in [3.8, 4) is 0 Å². The third-order valence-corrected chi connectivity index (χ3v) is 6.41. The molecule has 7 heteroatoms. The van der Waals surface area contributed by atoms with Gasteiger partial charge >= 0.3 is 0 Å². The van der Waals surface area contributed by atoms with Crippen LogP contribution in [0.5, 0.6) is 0 Å². The van der Waals surface area contributed by atoms with Crippen molar-refractivity contribution in [3.63, 3.8) is 0 Å². The second-order valence-electron chi connectivity index (χ2n) is 7.50. The third-order valence-electron chi connectivity index (χ3n) is 5.29. The lowest BCUT2D eigenvalue weighted by atomic mass is 9.88. The van der Waals surface area contributed by atoms with Crippen LogP contribution in [-0.2, 0) is 0 Å². The predicted molar refractivity (Wildman–Crippen MR) is 112 cm³/mol. The summed E-state index contributed by atoms with van der Waals surface area (Å²) in [7, 11) is 3.48. The van der Waals surface area contributed by atoms with Crippen molar-refractivity contribution in [2.24, 2.45) is 0 Å². The summed E-state index contributed by atoms with van der Waals surface area (Å²) in [6.07, 6.45) is 3.45. The van der Waals surface area contributed by atoms with Crippen LogP contribution in [0, 0.1) is 5.82 Å². The minimum absolute atomic E-state index is 0.0399. The second kappa shape index (κ2) is 7.91. The first-order chi connectivity index (χ1) is 14.0. The Bertz CT molecular complexity index is 1080. The number of aromatic nitrogens is 1. The van der Waals surface area contributed by atoms with Crippen LogP contribution in [0.4, 0.5) is 4.39 Å². The number of halogens is 1. The molecule has 1 aromatic carbocycles. The fourth-order valence-corrected chi connectivity index (χ4v) is 5.17. The smallest absolute Gasteiger partial charge is 0.263 e. The number of carbonyl (C=O) groups excluding carboxylic acids is 2. The molecule has 0 spiro atoms. The van der Waals surface area contributed by atoms with E-state index < -0.39 is 5.82 Å². The van der Waals surface area contributed by atoms with Crippen molar-refractivity contribution >= 4 is 33.4 Å². The van der Waals surface area contributed by atoms with Crippen LogP contribution in [0.2, 0.25) is 0 Å². The predicted octanol–water partition coefficient (Wildman–Crippen LogP) is 4.16. The van der Waals surface area contributed by atoms with Crippen LogP contribution in [0.1, 0.15) is 44.4 Å². The van der Waals surface area contributed by atoms with Crippen LogP contribution < -0.4 is 0 Å². The molecule has 1 aliphatic heterocycles. The molecule has 0 bridgehead atoms. The van der Waals surface area contributed by atoms with Crippen molar-refractivity contribution in [1.82, 2.24) is 14.8 Å². The molecule has 0 unspecified atom stereocenters. The summed E-state index contributed by atoms with van der Waals surface area (Å²) in [5.41, 5.74) is 1.33. The second-order valence-corrected chi connectivity index (χ2v) is 8.50. The Balaban J connectivity index is 1.69. The van der Waals surface area contributed by atoms with E-state index in [0.29, 0.717) is 23.5 Å². The molecule has 1 aliphatic rings. The Morgan fingerprint density at radius 3 is 2.83 bits per heavy atom. The number of fused-ring (bicyclic) bond motifs is 1. The van der Waals surface area contributed by atoms with E-state index >= 15 is 0 Å². The van der Waals surface area contributed by atoms with E-state index in [4.69, 9.17) is 0 Å². The minimum atomic E-state index is -0.418. The topological polar surface area (TPSA) is 53.5 Å². The highest BCUT2D eigenvalue weighted by Gasteiger charge is 2.31. The van der Waals surface area contributed by atoms with Gasteiger partial charge in [-0.15, -0.1) is 11.3 Å². The van der Waals surface area contributed by atoms with Gasteiger partial charge in [-0.05, 0) is 42.7 Å². The lowest BCUT2D eigenvalue weighted by molar-refractivity contribution is 0.0706. The summed E-state index contributed by atoms with van der Waals surface area (Å²) < 4.78 is 13.6. The van der Waals surface area contributed by atoms with E-state index in [2.05, 4.69) is 4.98 Å². The summed E-state index contributed by atoms with van der Waals surface area (Å²) in [5.74, 6) is -0.597. The van der Waals surface area contributed by atoms with E-state index in [-0.39, 0.29) is 17.7 Å². The fourth-order valence-electron chi connectivity index (χ4n) is 3.92. The fraction of sp³-hybridized carbons (Fsp3) is 0.318. The van der Waals surface area contributed by atoms with Crippen LogP contribution in [0.15, 0.2) is 42.6 Å². The molecule has 3 aromatic rings. The molecule has 1 fully saturated rings. The molecular formula is C22H22FN3O2S. The van der Waals surface area contributed by atoms with E-state index in [0.717, 1.165) is 28.6 Å². The summed E-state index contributed by atoms with van der Waals surface area (Å²) in [5, 5.41) is 0.979. The van der Waals surface area contributed by atoms with E-state index in [1.807, 2.05) is 12.1 Å². The Morgan fingerprint density at radius 2 is 2.07 bits per heavy atom. The molecule has 4 rings (SSSR count). The summed E-state index contributed by atoms with van der Waals surface area (Å²) in [6, 6.07) is 9.67. The van der Waals surface area contributed by atoms with Crippen LogP contribution in [0.25, 0.3) is 10.2 Å². The standard InChI is InChI=1S/C22H22FN3O2S/c1-25(2)22(28)19-18(17-9-4-10-24-20(17)29-19)15-7-5-11-26(13-15)21(27)14-6-3-8-16(23)12-14/h3-4,6,8-10,12,15H,5,7,11,13H2,1-2H3/t15-/m0/s1. The van der Waals surface area contributed by atoms with Crippen molar-refractivity contribution in [2.45, 2.75) is 18.8 Å². The van der Waals surface area contributed by atoms with Gasteiger partial charge in [-0.2, -0.15) is 0 Å². The molecule has 2 amide bonds. The number of hydrogen-bond acceptors (Lipinski definition) is 4. The molecule has 5 nitrogen and oxygen atoms in total. The van der Waals surface area contributed by atoms with Gasteiger partial charge in [-0.25, -0.2) is 9.37 Å². The lowest BCUT2D eigenvalue weighted by Gasteiger charge is -2.33. The van der Waals surface area contributed by atoms with Crippen molar-refractivity contribution in [1.29, 1.82) is 0 Å². The van der Waals surface area contributed by atoms with Gasteiger partial charge < -0.3 is 9.80 Å². The average molecular weight is 412 g/mol. The number of thiophene rings is 1. The van der Waals surface area contributed by atoms with Crippen LogP contribution in [0.3, 0.4) is 0 Å². The highest BCUT2D eigenvalue weighted by molar-refractivity contribution is 7.20. The largest absolute Gasteiger partial charge is 0.344 e. The lowest BCUT2D eigenvalue weighted by Crippen LogP contribution is -2.39. The zero-order valence-electron chi connectivity index (χ0n) is 16.4. The molecular weight excluding hydrogens is 389 g/mol. The number of hydrogen-bond donors (Lipinski definition) is 0. The monoisotopic (exact) mass is 411 g/mol. The summed E-state index contributed by atoms with van der Waals surface area (Å²) >= 11 is 1.41. The van der Waals surface area contributed by atoms with Crippen LogP contribution in [-0.4, -0.2) is 53.8 Å². The number of carbonyl (C=O) groups is 2. The van der Waals surface area contributed by atoms with Gasteiger partial charge in [0.05, 0.1) is 4.88 Å². The van der Waals surface area contributed by atoms with Gasteiger partial charge in [0.25, 0.3) is 11.8 Å². The first-order valence-corrected chi connectivity index (χ1v) is 10.4. The number of benzene rings is 1. The molecule has 0 radical (unpaired) electrons. The van der Waals surface area contributed by atoms with Crippen molar-refractivity contribution in [3.05, 3.63) is 64.4 Å². The maximum absolute atomic E-state index is 13.6. The molecule has 29 heavy (non-hydrogen) atoms. The van der Waals surface area contributed by atoms with E-state index in [1.54, 1.807) is 42.2 Å². The quantitative estimate of drug-likeness (QED) is 0.650. The molecule has 0 saturated carbocycles.